The summed E-state index contributed by atoms with van der Waals surface area (Å²) in [7, 11) is 0. The minimum atomic E-state index is 0. The SMILES string of the molecule is [Ca].[Tl].[Tl].[Tl]. The molecule has 0 aliphatic heterocycles. The Labute approximate surface area is 116 Å². The fourth-order valence-electron chi connectivity index (χ4n) is 0. The number of hydrogen-bond donors (Lipinski definition) is 0. The summed E-state index contributed by atoms with van der Waals surface area (Å²) in [6.07, 6.45) is 0. The van der Waals surface area contributed by atoms with Crippen LogP contribution in [0.3, 0.4) is 0 Å². The van der Waals surface area contributed by atoms with E-state index >= 15 is 0 Å². The number of hydrogen-bond acceptors (Lipinski definition) is 0. The third kappa shape index (κ3) is 9.39. The summed E-state index contributed by atoms with van der Waals surface area (Å²) in [6.45, 7) is 0. The van der Waals surface area contributed by atoms with Gasteiger partial charge in [-0.2, -0.15) is 0 Å². The van der Waals surface area contributed by atoms with E-state index < -0.39 is 0 Å². The van der Waals surface area contributed by atoms with Crippen molar-refractivity contribution < 1.29 is 0 Å². The van der Waals surface area contributed by atoms with Gasteiger partial charge in [-0.1, -0.05) is 0 Å². The van der Waals surface area contributed by atoms with Crippen LogP contribution in [0.15, 0.2) is 0 Å². The van der Waals surface area contributed by atoms with Crippen molar-refractivity contribution in [3.05, 3.63) is 0 Å². The molecule has 0 nitrogen and oxygen atoms in total. The first-order valence-corrected chi connectivity index (χ1v) is 0. The molecule has 0 aromatic heterocycles. The predicted molar refractivity (Wildman–Crippen MR) is 23.0 cm³/mol. The van der Waals surface area contributed by atoms with Crippen molar-refractivity contribution in [2.24, 2.45) is 0 Å². The van der Waals surface area contributed by atoms with E-state index in [1.807, 2.05) is 0 Å². The molecular formula is CaTl3. The van der Waals surface area contributed by atoms with Crippen LogP contribution in [0.2, 0.25) is 0 Å². The summed E-state index contributed by atoms with van der Waals surface area (Å²) in [6, 6.07) is 0. The van der Waals surface area contributed by atoms with Crippen molar-refractivity contribution >= 4 is 120 Å². The summed E-state index contributed by atoms with van der Waals surface area (Å²) in [4.78, 5) is 0. The van der Waals surface area contributed by atoms with Crippen molar-refractivity contribution in [2.75, 3.05) is 0 Å². The molecule has 0 saturated carbocycles. The van der Waals surface area contributed by atoms with Crippen molar-refractivity contribution in [3.63, 3.8) is 0 Å². The molecule has 0 fully saturated rings. The van der Waals surface area contributed by atoms with E-state index in [0.29, 0.717) is 0 Å². The Kier molecular flexibility index (Phi) is 96.2. The zero-order valence-corrected chi connectivity index (χ0v) is 18.1. The molecule has 0 heterocycles. The average Bonchev–Trinajstić information content (AvgIpc) is 0. The molecule has 0 N–H and O–H groups in total. The van der Waals surface area contributed by atoms with Crippen LogP contribution in [0.25, 0.3) is 0 Å². The van der Waals surface area contributed by atoms with Crippen molar-refractivity contribution in [1.82, 2.24) is 0 Å². The van der Waals surface area contributed by atoms with Gasteiger partial charge in [0.25, 0.3) is 0 Å². The molecule has 4 heteroatoms. The van der Waals surface area contributed by atoms with Gasteiger partial charge in [-0.25, -0.2) is 0 Å². The summed E-state index contributed by atoms with van der Waals surface area (Å²) >= 11 is 0. The van der Waals surface area contributed by atoms with Crippen LogP contribution in [-0.2, 0) is 0 Å². The van der Waals surface area contributed by atoms with Gasteiger partial charge in [0.15, 0.2) is 0 Å². The van der Waals surface area contributed by atoms with Crippen LogP contribution in [0.4, 0.5) is 0 Å². The fourth-order valence-corrected chi connectivity index (χ4v) is 0. The minimum absolute atomic E-state index is 0. The summed E-state index contributed by atoms with van der Waals surface area (Å²) < 4.78 is 0. The standard InChI is InChI=1S/Ca.3Tl. The third-order valence-electron chi connectivity index (χ3n) is 0. The van der Waals surface area contributed by atoms with Gasteiger partial charge in [-0.15, -0.1) is 0 Å². The second-order valence-corrected chi connectivity index (χ2v) is 0. The van der Waals surface area contributed by atoms with Gasteiger partial charge in [0.05, 0.1) is 0 Å². The Bertz CT molecular complexity index is 3.25. The molecule has 4 heavy (non-hydrogen) atoms. The second kappa shape index (κ2) is 15.7. The molecule has 11 valence electrons. The van der Waals surface area contributed by atoms with Gasteiger partial charge in [-0.3, -0.25) is 0 Å². The first kappa shape index (κ1) is 24.4. The Morgan fingerprint density at radius 2 is 0.500 bits per heavy atom. The van der Waals surface area contributed by atoms with Gasteiger partial charge in [0, 0.05) is 120 Å². The Morgan fingerprint density at radius 1 is 0.500 bits per heavy atom. The van der Waals surface area contributed by atoms with E-state index in [1.54, 1.807) is 0 Å². The van der Waals surface area contributed by atoms with E-state index in [1.165, 1.54) is 0 Å². The van der Waals surface area contributed by atoms with Crippen LogP contribution in [0.5, 0.6) is 0 Å². The van der Waals surface area contributed by atoms with Crippen molar-refractivity contribution in [1.29, 1.82) is 0 Å². The molecule has 0 amide bonds. The Morgan fingerprint density at radius 3 is 0.500 bits per heavy atom. The van der Waals surface area contributed by atoms with Crippen LogP contribution < -0.4 is 0 Å². The summed E-state index contributed by atoms with van der Waals surface area (Å²) in [5.41, 5.74) is 0. The van der Waals surface area contributed by atoms with E-state index in [-0.39, 0.29) is 120 Å². The molecule has 0 spiro atoms. The minimum Gasteiger partial charge on any atom is 0 e. The molecular weight excluding hydrogens is 653 g/mol. The predicted octanol–water partition coefficient (Wildman–Crippen LogP) is -1.52. The van der Waals surface area contributed by atoms with Gasteiger partial charge < -0.3 is 0 Å². The normalized spacial score (nSPS) is 0. The number of rotatable bonds is 0. The van der Waals surface area contributed by atoms with E-state index in [2.05, 4.69) is 0 Å². The summed E-state index contributed by atoms with van der Waals surface area (Å²) in [5, 5.41) is 0. The molecule has 0 atom stereocenters. The first-order valence-electron chi connectivity index (χ1n) is 0. The molecule has 0 aromatic rings. The molecule has 0 bridgehead atoms. The molecule has 0 unspecified atom stereocenters. The van der Waals surface area contributed by atoms with Crippen molar-refractivity contribution in [2.45, 2.75) is 0 Å². The maximum Gasteiger partial charge on any atom is 0 e. The fraction of sp³-hybridized carbons (Fsp3) is 0. The van der Waals surface area contributed by atoms with E-state index in [9.17, 15) is 0 Å². The van der Waals surface area contributed by atoms with Gasteiger partial charge >= 0.3 is 0 Å². The zero-order valence-electron chi connectivity index (χ0n) is 2.44. The topological polar surface area (TPSA) is 0 Å². The average molecular weight is 653 g/mol. The van der Waals surface area contributed by atoms with Crippen LogP contribution in [0.1, 0.15) is 0 Å². The second-order valence-electron chi connectivity index (χ2n) is 0. The monoisotopic (exact) mass is 655 g/mol. The van der Waals surface area contributed by atoms with E-state index in [0.717, 1.165) is 0 Å². The first-order chi connectivity index (χ1) is 0. The van der Waals surface area contributed by atoms with Crippen molar-refractivity contribution in [3.8, 4) is 0 Å². The van der Waals surface area contributed by atoms with Crippen LogP contribution in [0, 0.1) is 0 Å². The van der Waals surface area contributed by atoms with E-state index in [4.69, 9.17) is 0 Å². The molecule has 0 rings (SSSR count). The van der Waals surface area contributed by atoms with Gasteiger partial charge in [0.1, 0.15) is 0 Å². The molecule has 0 saturated heterocycles. The zero-order chi connectivity index (χ0) is 0. The molecule has 5 radical (unpaired) electrons. The Balaban J connectivity index is 0. The van der Waals surface area contributed by atoms with Gasteiger partial charge in [0.2, 0.25) is 0 Å². The smallest absolute Gasteiger partial charge is 0 e. The van der Waals surface area contributed by atoms with Crippen LogP contribution >= 0.6 is 0 Å². The van der Waals surface area contributed by atoms with Crippen LogP contribution in [-0.4, -0.2) is 120 Å². The Hall–Kier alpha value is 4.03. The summed E-state index contributed by atoms with van der Waals surface area (Å²) in [5.74, 6) is 0. The third-order valence-corrected chi connectivity index (χ3v) is 0. The largest absolute Gasteiger partial charge is 0 e. The van der Waals surface area contributed by atoms with Gasteiger partial charge in [-0.05, 0) is 0 Å². The molecule has 0 aromatic carbocycles. The molecule has 0 aliphatic rings. The maximum atomic E-state index is 0. The molecule has 0 aliphatic carbocycles. The quantitative estimate of drug-likeness (QED) is 0.279. The maximum absolute atomic E-state index is 0.